The zero-order valence-corrected chi connectivity index (χ0v) is 24.1. The number of benzene rings is 4. The molecule has 3 heterocycles. The quantitative estimate of drug-likeness (QED) is 0.150. The van der Waals surface area contributed by atoms with Gasteiger partial charge in [-0.25, -0.2) is 4.57 Å². The Labute approximate surface area is 242 Å². The van der Waals surface area contributed by atoms with Gasteiger partial charge < -0.3 is 0 Å². The fraction of sp³-hybridized carbons (Fsp3) is 0.179. The van der Waals surface area contributed by atoms with E-state index in [4.69, 9.17) is 0 Å². The lowest BCUT2D eigenvalue weighted by Crippen LogP contribution is -2.47. The van der Waals surface area contributed by atoms with E-state index in [1.54, 1.807) is 0 Å². The molecular weight excluding hydrogens is 496 g/mol. The van der Waals surface area contributed by atoms with E-state index in [9.17, 15) is 0 Å². The third-order valence-corrected chi connectivity index (χ3v) is 9.34. The summed E-state index contributed by atoms with van der Waals surface area (Å²) in [5, 5.41) is 4.04. The van der Waals surface area contributed by atoms with Crippen molar-refractivity contribution in [2.45, 2.75) is 38.5 Å². The Kier molecular flexibility index (Phi) is 6.27. The summed E-state index contributed by atoms with van der Waals surface area (Å²) in [6.45, 7) is 4.71. The number of nitrogens with zero attached hydrogens (tertiary/aromatic N) is 2. The van der Waals surface area contributed by atoms with Crippen molar-refractivity contribution >= 4 is 27.4 Å². The molecule has 0 unspecified atom stereocenters. The number of rotatable bonds is 6. The summed E-state index contributed by atoms with van der Waals surface area (Å²) in [5.41, 5.74) is 10.5. The van der Waals surface area contributed by atoms with Gasteiger partial charge in [0.15, 0.2) is 18.1 Å². The zero-order valence-electron chi connectivity index (χ0n) is 24.1. The summed E-state index contributed by atoms with van der Waals surface area (Å²) < 4.78 is 4.74. The maximum absolute atomic E-state index is 2.51. The first-order valence-electron chi connectivity index (χ1n) is 14.9. The first kappa shape index (κ1) is 25.4. The smallest absolute Gasteiger partial charge is 0.201 e. The maximum atomic E-state index is 2.51. The average molecular weight is 533 g/mol. The van der Waals surface area contributed by atoms with Gasteiger partial charge in [-0.3, -0.25) is 0 Å². The Balaban J connectivity index is 1.39. The molecule has 1 aliphatic rings. The monoisotopic (exact) mass is 532 g/mol. The highest BCUT2D eigenvalue weighted by molar-refractivity contribution is 6.07. The first-order valence-corrected chi connectivity index (χ1v) is 14.9. The van der Waals surface area contributed by atoms with Gasteiger partial charge >= 0.3 is 0 Å². The molecule has 200 valence electrons. The van der Waals surface area contributed by atoms with Crippen LogP contribution in [0.3, 0.4) is 0 Å². The van der Waals surface area contributed by atoms with Gasteiger partial charge in [0.2, 0.25) is 11.2 Å². The molecule has 2 aromatic heterocycles. The molecule has 0 saturated heterocycles. The molecule has 0 atom stereocenters. The molecule has 4 aromatic carbocycles. The van der Waals surface area contributed by atoms with Crippen molar-refractivity contribution in [3.8, 4) is 22.4 Å². The third kappa shape index (κ3) is 4.01. The molecule has 0 spiro atoms. The summed E-state index contributed by atoms with van der Waals surface area (Å²) in [7, 11) is 2.15. The topological polar surface area (TPSA) is 7.76 Å². The predicted molar refractivity (Wildman–Crippen MR) is 170 cm³/mol. The summed E-state index contributed by atoms with van der Waals surface area (Å²) in [4.78, 5) is 0. The van der Waals surface area contributed by atoms with Gasteiger partial charge in [0.1, 0.15) is 7.05 Å². The molecule has 0 radical (unpaired) electrons. The maximum Gasteiger partial charge on any atom is 0.226 e. The lowest BCUT2D eigenvalue weighted by atomic mass is 9.69. The number of aromatic nitrogens is 2. The van der Waals surface area contributed by atoms with E-state index in [2.05, 4.69) is 158 Å². The van der Waals surface area contributed by atoms with Crippen LogP contribution in [0.15, 0.2) is 128 Å². The normalized spacial score (nSPS) is 14.8. The Morgan fingerprint density at radius 2 is 1.44 bits per heavy atom. The molecule has 0 amide bonds. The van der Waals surface area contributed by atoms with Gasteiger partial charge in [0, 0.05) is 29.1 Å². The molecule has 0 aliphatic carbocycles. The van der Waals surface area contributed by atoms with Crippen LogP contribution in [0.2, 0.25) is 0 Å². The van der Waals surface area contributed by atoms with Gasteiger partial charge in [0.05, 0.1) is 10.8 Å². The first-order chi connectivity index (χ1) is 20.1. The Bertz CT molecular complexity index is 1940. The standard InChI is InChI=1S/C39H36N2/c1-4-39(5-2)34-19-11-16-30-20-21-31-17-12-25-41(38(31)37(30)34)36(39)23-22-29-15-9-10-18-33(29)35-27-32(24-26-40(35)3)28-13-7-6-8-14-28/h6-21,23-27H,4-5,22H2,1-3H3/q+2. The van der Waals surface area contributed by atoms with Crippen LogP contribution in [0.5, 0.6) is 0 Å². The second-order valence-corrected chi connectivity index (χ2v) is 11.3. The molecule has 7 rings (SSSR count). The number of hydrogen-bond acceptors (Lipinski definition) is 0. The van der Waals surface area contributed by atoms with E-state index in [0.717, 1.165) is 19.3 Å². The van der Waals surface area contributed by atoms with Crippen molar-refractivity contribution in [3.63, 3.8) is 0 Å². The molecule has 2 nitrogen and oxygen atoms in total. The van der Waals surface area contributed by atoms with Crippen LogP contribution in [0.25, 0.3) is 49.8 Å². The summed E-state index contributed by atoms with van der Waals surface area (Å²) in [6, 6.07) is 40.0. The van der Waals surface area contributed by atoms with E-state index in [1.165, 1.54) is 60.9 Å². The van der Waals surface area contributed by atoms with Crippen LogP contribution in [0, 0.1) is 0 Å². The molecule has 0 N–H and O–H groups in total. The van der Waals surface area contributed by atoms with Crippen LogP contribution >= 0.6 is 0 Å². The van der Waals surface area contributed by atoms with E-state index in [-0.39, 0.29) is 5.41 Å². The highest BCUT2D eigenvalue weighted by Gasteiger charge is 2.45. The molecular formula is C39H36N2+2. The van der Waals surface area contributed by atoms with Gasteiger partial charge in [0.25, 0.3) is 0 Å². The second-order valence-electron chi connectivity index (χ2n) is 11.3. The van der Waals surface area contributed by atoms with E-state index in [0.29, 0.717) is 0 Å². The van der Waals surface area contributed by atoms with Crippen molar-refractivity contribution < 1.29 is 9.13 Å². The van der Waals surface area contributed by atoms with E-state index in [1.807, 2.05) is 0 Å². The van der Waals surface area contributed by atoms with Crippen molar-refractivity contribution in [3.05, 3.63) is 139 Å². The number of pyridine rings is 2. The van der Waals surface area contributed by atoms with Crippen LogP contribution in [-0.4, -0.2) is 0 Å². The molecule has 0 saturated carbocycles. The lowest BCUT2D eigenvalue weighted by molar-refractivity contribution is -0.660. The van der Waals surface area contributed by atoms with Gasteiger partial charge in [-0.2, -0.15) is 4.57 Å². The fourth-order valence-corrected chi connectivity index (χ4v) is 7.13. The highest BCUT2D eigenvalue weighted by Crippen LogP contribution is 2.47. The lowest BCUT2D eigenvalue weighted by Gasteiger charge is -2.35. The van der Waals surface area contributed by atoms with Crippen molar-refractivity contribution in [1.29, 1.82) is 0 Å². The Hall–Kier alpha value is -4.56. The van der Waals surface area contributed by atoms with Crippen LogP contribution in [0.1, 0.15) is 37.8 Å². The largest absolute Gasteiger partial charge is 0.226 e. The number of aryl methyl sites for hydroxylation is 1. The SMILES string of the molecule is CCC1(CC)C(=CCc2ccccc2-c2cc(-c3ccccc3)cc[n+]2C)[n+]2cccc3ccc4cccc1c4c32. The Morgan fingerprint density at radius 1 is 0.683 bits per heavy atom. The van der Waals surface area contributed by atoms with E-state index >= 15 is 0 Å². The van der Waals surface area contributed by atoms with Gasteiger partial charge in [-0.1, -0.05) is 86.6 Å². The molecule has 1 aliphatic heterocycles. The summed E-state index contributed by atoms with van der Waals surface area (Å²) in [6.07, 6.45) is 9.95. The average Bonchev–Trinajstić information content (AvgIpc) is 3.03. The van der Waals surface area contributed by atoms with Crippen LogP contribution in [0.4, 0.5) is 0 Å². The minimum absolute atomic E-state index is 0.0420. The third-order valence-electron chi connectivity index (χ3n) is 9.34. The molecule has 2 heteroatoms. The number of hydrogen-bond donors (Lipinski definition) is 0. The van der Waals surface area contributed by atoms with Gasteiger partial charge in [-0.15, -0.1) is 0 Å². The molecule has 41 heavy (non-hydrogen) atoms. The zero-order chi connectivity index (χ0) is 28.0. The predicted octanol–water partition coefficient (Wildman–Crippen LogP) is 8.59. The van der Waals surface area contributed by atoms with Gasteiger partial charge in [-0.05, 0) is 71.2 Å². The Morgan fingerprint density at radius 3 is 2.27 bits per heavy atom. The van der Waals surface area contributed by atoms with Crippen molar-refractivity contribution in [1.82, 2.24) is 0 Å². The van der Waals surface area contributed by atoms with E-state index < -0.39 is 0 Å². The van der Waals surface area contributed by atoms with Crippen molar-refractivity contribution in [2.24, 2.45) is 7.05 Å². The minimum atomic E-state index is -0.0420. The van der Waals surface area contributed by atoms with Crippen LogP contribution < -0.4 is 9.13 Å². The summed E-state index contributed by atoms with van der Waals surface area (Å²) >= 11 is 0. The van der Waals surface area contributed by atoms with Crippen LogP contribution in [-0.2, 0) is 18.9 Å². The highest BCUT2D eigenvalue weighted by atomic mass is 15.0. The fourth-order valence-electron chi connectivity index (χ4n) is 7.13. The molecule has 0 bridgehead atoms. The molecule has 6 aromatic rings. The van der Waals surface area contributed by atoms with Crippen molar-refractivity contribution in [2.75, 3.05) is 0 Å². The number of allylic oxidation sites excluding steroid dienone is 2. The second kappa shape index (κ2) is 10.1. The molecule has 0 fully saturated rings. The minimum Gasteiger partial charge on any atom is -0.201 e. The summed E-state index contributed by atoms with van der Waals surface area (Å²) in [5.74, 6) is 0.